The van der Waals surface area contributed by atoms with Crippen LogP contribution in [0.5, 0.6) is 0 Å². The summed E-state index contributed by atoms with van der Waals surface area (Å²) in [6.07, 6.45) is 0. The average Bonchev–Trinajstić information content (AvgIpc) is 3.41. The fourth-order valence-electron chi connectivity index (χ4n) is 5.96. The number of hydrogen-bond acceptors (Lipinski definition) is 3. The van der Waals surface area contributed by atoms with E-state index in [2.05, 4.69) is 54.6 Å². The number of nitriles is 3. The van der Waals surface area contributed by atoms with E-state index in [1.807, 2.05) is 65.2 Å². The molecule has 0 fully saturated rings. The lowest BCUT2D eigenvalue weighted by Crippen LogP contribution is -2.04. The molecule has 0 bridgehead atoms. The van der Waals surface area contributed by atoms with Crippen molar-refractivity contribution in [1.82, 2.24) is 4.57 Å². The minimum Gasteiger partial charge on any atom is -0.307 e. The molecule has 0 aliphatic carbocycles. The van der Waals surface area contributed by atoms with E-state index in [0.29, 0.717) is 22.4 Å². The molecule has 0 N–H and O–H groups in total. The van der Waals surface area contributed by atoms with Crippen molar-refractivity contribution in [1.29, 1.82) is 15.8 Å². The molecule has 0 amide bonds. The Hall–Kier alpha value is -5.83. The Labute approximate surface area is 269 Å². The van der Waals surface area contributed by atoms with Crippen molar-refractivity contribution >= 4 is 45.0 Å². The van der Waals surface area contributed by atoms with Crippen LogP contribution < -0.4 is 0 Å². The SMILES string of the molecule is N#Cc1ccc(-c2c(Cl)c(C#N)c(-n3c4ccc(-c5ccccc5)cc4c4cc(-c5ccccc5)ccc43)c(C#N)c2Cl)cc1. The number of hydrogen-bond donors (Lipinski definition) is 0. The van der Waals surface area contributed by atoms with Gasteiger partial charge in [0.15, 0.2) is 0 Å². The molecule has 0 aliphatic rings. The summed E-state index contributed by atoms with van der Waals surface area (Å²) in [5, 5.41) is 32.5. The highest BCUT2D eigenvalue weighted by Crippen LogP contribution is 2.46. The Balaban J connectivity index is 1.58. The van der Waals surface area contributed by atoms with E-state index in [0.717, 1.165) is 44.1 Å². The highest BCUT2D eigenvalue weighted by atomic mass is 35.5. The molecular weight excluding hydrogens is 595 g/mol. The zero-order valence-electron chi connectivity index (χ0n) is 23.6. The van der Waals surface area contributed by atoms with Gasteiger partial charge >= 0.3 is 0 Å². The van der Waals surface area contributed by atoms with Crippen molar-refractivity contribution in [2.45, 2.75) is 0 Å². The molecule has 45 heavy (non-hydrogen) atoms. The van der Waals surface area contributed by atoms with Crippen LogP contribution in [0.3, 0.4) is 0 Å². The maximum Gasteiger partial charge on any atom is 0.103 e. The molecular formula is C39H20Cl2N4. The van der Waals surface area contributed by atoms with Crippen molar-refractivity contribution in [3.8, 4) is 57.3 Å². The van der Waals surface area contributed by atoms with Gasteiger partial charge in [0.05, 0.1) is 49.5 Å². The fraction of sp³-hybridized carbons (Fsp3) is 0. The zero-order valence-corrected chi connectivity index (χ0v) is 25.1. The largest absolute Gasteiger partial charge is 0.307 e. The van der Waals surface area contributed by atoms with Crippen LogP contribution in [0.2, 0.25) is 10.0 Å². The third-order valence-corrected chi connectivity index (χ3v) is 8.84. The van der Waals surface area contributed by atoms with Crippen LogP contribution in [-0.4, -0.2) is 4.57 Å². The third kappa shape index (κ3) is 4.60. The van der Waals surface area contributed by atoms with Gasteiger partial charge in [-0.25, -0.2) is 0 Å². The lowest BCUT2D eigenvalue weighted by Gasteiger charge is -2.18. The van der Waals surface area contributed by atoms with Crippen LogP contribution >= 0.6 is 23.2 Å². The van der Waals surface area contributed by atoms with Crippen LogP contribution in [-0.2, 0) is 0 Å². The second-order valence-corrected chi connectivity index (χ2v) is 11.3. The van der Waals surface area contributed by atoms with E-state index in [1.54, 1.807) is 24.3 Å². The van der Waals surface area contributed by atoms with Gasteiger partial charge in [-0.05, 0) is 64.2 Å². The Morgan fingerprint density at radius 2 is 0.911 bits per heavy atom. The molecule has 0 spiro atoms. The molecule has 4 nitrogen and oxygen atoms in total. The van der Waals surface area contributed by atoms with Gasteiger partial charge < -0.3 is 4.57 Å². The first-order valence-electron chi connectivity index (χ1n) is 14.1. The summed E-state index contributed by atoms with van der Waals surface area (Å²) in [4.78, 5) is 0. The van der Waals surface area contributed by atoms with Gasteiger partial charge in [0.2, 0.25) is 0 Å². The van der Waals surface area contributed by atoms with Gasteiger partial charge in [-0.3, -0.25) is 0 Å². The van der Waals surface area contributed by atoms with E-state index >= 15 is 0 Å². The van der Waals surface area contributed by atoms with Crippen LogP contribution in [0.1, 0.15) is 16.7 Å². The second-order valence-electron chi connectivity index (χ2n) is 10.5. The van der Waals surface area contributed by atoms with Gasteiger partial charge in [0.1, 0.15) is 12.1 Å². The van der Waals surface area contributed by atoms with Crippen LogP contribution in [0.15, 0.2) is 121 Å². The first-order chi connectivity index (χ1) is 22.0. The topological polar surface area (TPSA) is 76.3 Å². The molecule has 1 aromatic heterocycles. The van der Waals surface area contributed by atoms with Crippen molar-refractivity contribution in [3.05, 3.63) is 148 Å². The molecule has 6 heteroatoms. The first kappa shape index (κ1) is 28.0. The molecule has 210 valence electrons. The first-order valence-corrected chi connectivity index (χ1v) is 14.8. The van der Waals surface area contributed by atoms with Crippen LogP contribution in [0.4, 0.5) is 0 Å². The maximum absolute atomic E-state index is 10.5. The number of fused-ring (bicyclic) bond motifs is 3. The summed E-state index contributed by atoms with van der Waals surface area (Å²) in [6, 6.07) is 46.0. The predicted octanol–water partition coefficient (Wildman–Crippen LogP) is 10.7. The number of halogens is 2. The smallest absolute Gasteiger partial charge is 0.103 e. The van der Waals surface area contributed by atoms with Crippen LogP contribution in [0.25, 0.3) is 60.9 Å². The molecule has 7 rings (SSSR count). The number of nitrogens with zero attached hydrogens (tertiary/aromatic N) is 4. The highest BCUT2D eigenvalue weighted by Gasteiger charge is 2.27. The molecule has 0 saturated heterocycles. The van der Waals surface area contributed by atoms with Crippen molar-refractivity contribution in [2.75, 3.05) is 0 Å². The normalized spacial score (nSPS) is 10.8. The van der Waals surface area contributed by atoms with Crippen LogP contribution in [0, 0.1) is 34.0 Å². The Bertz CT molecular complexity index is 2270. The summed E-state index contributed by atoms with van der Waals surface area (Å²) in [7, 11) is 0. The second kappa shape index (κ2) is 11.3. The molecule has 0 radical (unpaired) electrons. The Kier molecular flexibility index (Phi) is 7.05. The predicted molar refractivity (Wildman–Crippen MR) is 181 cm³/mol. The van der Waals surface area contributed by atoms with E-state index in [-0.39, 0.29) is 21.2 Å². The summed E-state index contributed by atoms with van der Waals surface area (Å²) < 4.78 is 1.92. The molecule has 1 heterocycles. The van der Waals surface area contributed by atoms with E-state index in [4.69, 9.17) is 23.2 Å². The van der Waals surface area contributed by atoms with Gasteiger partial charge in [-0.1, -0.05) is 108 Å². The maximum atomic E-state index is 10.5. The van der Waals surface area contributed by atoms with Crippen molar-refractivity contribution in [3.63, 3.8) is 0 Å². The lowest BCUT2D eigenvalue weighted by molar-refractivity contribution is 1.16. The molecule has 0 aliphatic heterocycles. The van der Waals surface area contributed by atoms with E-state index in [9.17, 15) is 15.8 Å². The highest BCUT2D eigenvalue weighted by molar-refractivity contribution is 6.41. The summed E-state index contributed by atoms with van der Waals surface area (Å²) >= 11 is 14.0. The molecule has 0 saturated carbocycles. The van der Waals surface area contributed by atoms with Gasteiger partial charge in [0, 0.05) is 16.3 Å². The Morgan fingerprint density at radius 3 is 1.33 bits per heavy atom. The lowest BCUT2D eigenvalue weighted by atomic mass is 9.96. The third-order valence-electron chi connectivity index (χ3n) is 8.08. The molecule has 0 unspecified atom stereocenters. The molecule has 0 atom stereocenters. The minimum atomic E-state index is 0.134. The average molecular weight is 616 g/mol. The zero-order chi connectivity index (χ0) is 31.1. The van der Waals surface area contributed by atoms with Gasteiger partial charge in [-0.2, -0.15) is 15.8 Å². The Morgan fingerprint density at radius 1 is 0.467 bits per heavy atom. The molecule has 7 aromatic rings. The van der Waals surface area contributed by atoms with E-state index in [1.165, 1.54) is 0 Å². The summed E-state index contributed by atoms with van der Waals surface area (Å²) in [5.74, 6) is 0. The monoisotopic (exact) mass is 614 g/mol. The minimum absolute atomic E-state index is 0.134. The number of aromatic nitrogens is 1. The summed E-state index contributed by atoms with van der Waals surface area (Å²) in [5.41, 5.74) is 7.89. The number of rotatable bonds is 4. The van der Waals surface area contributed by atoms with Crippen molar-refractivity contribution < 1.29 is 0 Å². The fourth-order valence-corrected chi connectivity index (χ4v) is 6.68. The van der Waals surface area contributed by atoms with Crippen molar-refractivity contribution in [2.24, 2.45) is 0 Å². The van der Waals surface area contributed by atoms with Gasteiger partial charge in [-0.15, -0.1) is 0 Å². The van der Waals surface area contributed by atoms with E-state index < -0.39 is 0 Å². The standard InChI is InChI=1S/C39H20Cl2N4/c40-37-32(22-43)39(33(23-44)38(41)36(37)27-13-11-24(21-42)12-14-27)45-34-17-15-28(25-7-3-1-4-8-25)19-30(34)31-20-29(16-18-35(31)45)26-9-5-2-6-10-26/h1-20H. The molecule has 6 aromatic carbocycles. The van der Waals surface area contributed by atoms with Gasteiger partial charge in [0.25, 0.3) is 0 Å². The quantitative estimate of drug-likeness (QED) is 0.198. The number of benzene rings is 6. The summed E-state index contributed by atoms with van der Waals surface area (Å²) in [6.45, 7) is 0.